The third kappa shape index (κ3) is 1.74. The van der Waals surface area contributed by atoms with E-state index in [-0.39, 0.29) is 16.1 Å². The zero-order valence-corrected chi connectivity index (χ0v) is 7.97. The van der Waals surface area contributed by atoms with Crippen LogP contribution in [0.25, 0.3) is 10.9 Å². The second kappa shape index (κ2) is 3.66. The lowest BCUT2D eigenvalue weighted by atomic mass is 10.2. The van der Waals surface area contributed by atoms with E-state index >= 15 is 0 Å². The van der Waals surface area contributed by atoms with Crippen molar-refractivity contribution in [2.24, 2.45) is 0 Å². The van der Waals surface area contributed by atoms with E-state index in [1.165, 1.54) is 12.1 Å². The van der Waals surface area contributed by atoms with Crippen molar-refractivity contribution in [3.05, 3.63) is 35.0 Å². The zero-order valence-electron chi connectivity index (χ0n) is 7.22. The number of hydrogen-bond donors (Lipinski definition) is 0. The quantitative estimate of drug-likeness (QED) is 0.705. The van der Waals surface area contributed by atoms with Crippen molar-refractivity contribution < 1.29 is 13.2 Å². The molecule has 0 spiro atoms. The molecule has 0 aliphatic heterocycles. The van der Waals surface area contributed by atoms with Crippen LogP contribution in [0.15, 0.2) is 18.2 Å². The zero-order chi connectivity index (χ0) is 11.0. The minimum Gasteiger partial charge on any atom is -0.224 e. The summed E-state index contributed by atoms with van der Waals surface area (Å²) in [6.07, 6.45) is -2.87. The van der Waals surface area contributed by atoms with Crippen LogP contribution in [0.3, 0.4) is 0 Å². The molecule has 0 amide bonds. The van der Waals surface area contributed by atoms with Crippen molar-refractivity contribution in [3.63, 3.8) is 0 Å². The molecule has 0 N–H and O–H groups in total. The number of halogens is 4. The molecule has 2 aromatic rings. The number of nitrogens with zero attached hydrogens (tertiary/aromatic N) is 2. The highest BCUT2D eigenvalue weighted by molar-refractivity contribution is 6.34. The predicted molar refractivity (Wildman–Crippen MR) is 49.5 cm³/mol. The van der Waals surface area contributed by atoms with Crippen LogP contribution in [0, 0.1) is 5.82 Å². The van der Waals surface area contributed by atoms with Crippen LogP contribution >= 0.6 is 11.6 Å². The Bertz CT molecular complexity index is 516. The first-order valence-corrected chi connectivity index (χ1v) is 4.37. The van der Waals surface area contributed by atoms with Crippen molar-refractivity contribution in [2.75, 3.05) is 0 Å². The molecule has 0 aliphatic rings. The first kappa shape index (κ1) is 10.2. The Balaban J connectivity index is 2.80. The highest BCUT2D eigenvalue weighted by Crippen LogP contribution is 2.25. The first-order chi connectivity index (χ1) is 7.09. The van der Waals surface area contributed by atoms with E-state index in [2.05, 4.69) is 9.97 Å². The van der Waals surface area contributed by atoms with Crippen molar-refractivity contribution in [2.45, 2.75) is 6.43 Å². The lowest BCUT2D eigenvalue weighted by Crippen LogP contribution is -1.98. The summed E-state index contributed by atoms with van der Waals surface area (Å²) in [7, 11) is 0. The number of para-hydroxylation sites is 1. The van der Waals surface area contributed by atoms with Crippen molar-refractivity contribution in [1.29, 1.82) is 0 Å². The maximum Gasteiger partial charge on any atom is 0.297 e. The number of hydrogen-bond acceptors (Lipinski definition) is 2. The van der Waals surface area contributed by atoms with Crippen LogP contribution in [0.1, 0.15) is 12.2 Å². The topological polar surface area (TPSA) is 25.8 Å². The fourth-order valence-corrected chi connectivity index (χ4v) is 1.43. The van der Waals surface area contributed by atoms with E-state index in [4.69, 9.17) is 11.6 Å². The number of fused-ring (bicyclic) bond motifs is 1. The van der Waals surface area contributed by atoms with Gasteiger partial charge in [-0.3, -0.25) is 0 Å². The molecule has 6 heteroatoms. The fraction of sp³-hybridized carbons (Fsp3) is 0.111. The summed E-state index contributed by atoms with van der Waals surface area (Å²) in [6, 6.07) is 4.01. The van der Waals surface area contributed by atoms with E-state index in [1.54, 1.807) is 0 Å². The molecule has 0 radical (unpaired) electrons. The molecule has 78 valence electrons. The Morgan fingerprint density at radius 2 is 1.93 bits per heavy atom. The molecule has 0 aliphatic carbocycles. The molecular weight excluding hydrogens is 229 g/mol. The van der Waals surface area contributed by atoms with Crippen LogP contribution in [0.2, 0.25) is 5.15 Å². The molecule has 1 aromatic carbocycles. The first-order valence-electron chi connectivity index (χ1n) is 3.99. The van der Waals surface area contributed by atoms with Crippen molar-refractivity contribution >= 4 is 22.5 Å². The van der Waals surface area contributed by atoms with Gasteiger partial charge in [0.15, 0.2) is 5.82 Å². The Hall–Kier alpha value is -1.36. The van der Waals surface area contributed by atoms with Gasteiger partial charge in [-0.15, -0.1) is 0 Å². The van der Waals surface area contributed by atoms with Gasteiger partial charge in [-0.05, 0) is 12.1 Å². The summed E-state index contributed by atoms with van der Waals surface area (Å²) in [5.74, 6) is -1.46. The summed E-state index contributed by atoms with van der Waals surface area (Å²) in [5.41, 5.74) is -0.187. The number of aromatic nitrogens is 2. The van der Waals surface area contributed by atoms with Gasteiger partial charge in [0.1, 0.15) is 16.5 Å². The summed E-state index contributed by atoms with van der Waals surface area (Å²) in [6.45, 7) is 0. The molecule has 0 saturated heterocycles. The van der Waals surface area contributed by atoms with Crippen LogP contribution in [-0.2, 0) is 0 Å². The van der Waals surface area contributed by atoms with Crippen molar-refractivity contribution in [3.8, 4) is 0 Å². The SMILES string of the molecule is Fc1cccc2c(Cl)nc(C(F)F)nc12. The monoisotopic (exact) mass is 232 g/mol. The Morgan fingerprint density at radius 1 is 1.20 bits per heavy atom. The normalized spacial score (nSPS) is 11.3. The van der Waals surface area contributed by atoms with Gasteiger partial charge >= 0.3 is 0 Å². The largest absolute Gasteiger partial charge is 0.297 e. The molecule has 0 bridgehead atoms. The highest BCUT2D eigenvalue weighted by Gasteiger charge is 2.15. The summed E-state index contributed by atoms with van der Waals surface area (Å²) >= 11 is 5.63. The van der Waals surface area contributed by atoms with Gasteiger partial charge in [-0.25, -0.2) is 23.1 Å². The molecular formula is C9H4ClF3N2. The van der Waals surface area contributed by atoms with Gasteiger partial charge < -0.3 is 0 Å². The van der Waals surface area contributed by atoms with Crippen LogP contribution in [0.4, 0.5) is 13.2 Å². The van der Waals surface area contributed by atoms with Crippen molar-refractivity contribution in [1.82, 2.24) is 9.97 Å². The van der Waals surface area contributed by atoms with Gasteiger partial charge in [-0.1, -0.05) is 17.7 Å². The second-order valence-corrected chi connectivity index (χ2v) is 3.17. The maximum absolute atomic E-state index is 13.2. The highest BCUT2D eigenvalue weighted by atomic mass is 35.5. The number of benzene rings is 1. The standard InChI is InChI=1S/C9H4ClF3N2/c10-7-4-2-1-3-5(11)6(4)14-9(15-7)8(12)13/h1-3,8H. The molecule has 15 heavy (non-hydrogen) atoms. The van der Waals surface area contributed by atoms with E-state index in [0.29, 0.717) is 0 Å². The molecule has 0 atom stereocenters. The Morgan fingerprint density at radius 3 is 2.60 bits per heavy atom. The van der Waals surface area contributed by atoms with Crippen LogP contribution in [-0.4, -0.2) is 9.97 Å². The molecule has 0 fully saturated rings. The third-order valence-corrected chi connectivity index (χ3v) is 2.13. The van der Waals surface area contributed by atoms with E-state index in [1.807, 2.05) is 0 Å². The fourth-order valence-electron chi connectivity index (χ4n) is 1.19. The van der Waals surface area contributed by atoms with E-state index < -0.39 is 18.1 Å². The number of rotatable bonds is 1. The van der Waals surface area contributed by atoms with Gasteiger partial charge in [0.2, 0.25) is 0 Å². The van der Waals surface area contributed by atoms with E-state index in [9.17, 15) is 13.2 Å². The maximum atomic E-state index is 13.2. The lowest BCUT2D eigenvalue weighted by Gasteiger charge is -2.03. The Labute approximate surface area is 87.7 Å². The van der Waals surface area contributed by atoms with Gasteiger partial charge in [0.05, 0.1) is 0 Å². The minimum atomic E-state index is -2.87. The molecule has 0 saturated carbocycles. The van der Waals surface area contributed by atoms with Gasteiger partial charge in [-0.2, -0.15) is 0 Å². The molecule has 2 rings (SSSR count). The number of alkyl halides is 2. The molecule has 2 nitrogen and oxygen atoms in total. The molecule has 1 aromatic heterocycles. The van der Waals surface area contributed by atoms with Crippen LogP contribution < -0.4 is 0 Å². The van der Waals surface area contributed by atoms with E-state index in [0.717, 1.165) is 6.07 Å². The smallest absolute Gasteiger partial charge is 0.224 e. The average Bonchev–Trinajstić information content (AvgIpc) is 2.19. The van der Waals surface area contributed by atoms with Crippen LogP contribution in [0.5, 0.6) is 0 Å². The molecule has 0 unspecified atom stereocenters. The average molecular weight is 233 g/mol. The summed E-state index contributed by atoms with van der Waals surface area (Å²) < 4.78 is 37.8. The lowest BCUT2D eigenvalue weighted by molar-refractivity contribution is 0.140. The minimum absolute atomic E-state index is 0.171. The molecule has 1 heterocycles. The van der Waals surface area contributed by atoms with Gasteiger partial charge in [0.25, 0.3) is 6.43 Å². The predicted octanol–water partition coefficient (Wildman–Crippen LogP) is 3.36. The second-order valence-electron chi connectivity index (χ2n) is 2.81. The third-order valence-electron chi connectivity index (χ3n) is 1.84. The summed E-state index contributed by atoms with van der Waals surface area (Å²) in [5, 5.41) is 0.0517. The van der Waals surface area contributed by atoms with Gasteiger partial charge in [0, 0.05) is 5.39 Å². The summed E-state index contributed by atoms with van der Waals surface area (Å²) in [4.78, 5) is 6.79. The Kier molecular flexibility index (Phi) is 2.48.